The Labute approximate surface area is 283 Å². The minimum Gasteiger partial charge on any atom is -0.456 e. The standard InChI is InChI=1S/C47H30O2/c1-47(2)39-26-30(29-18-22-42-38(24-29)35-13-6-8-27-10-7-15-43(49-42)44(27)35)17-20-33(39)36-21-16-28-9-5-12-32(45(28)46(36)47)31-19-23-41-37(25-31)34-11-3-4-14-40(34)48-41/h3-26H,1-2H3. The third kappa shape index (κ3) is 3.66. The van der Waals surface area contributed by atoms with Crippen LogP contribution in [0.1, 0.15) is 25.0 Å². The Kier molecular flexibility index (Phi) is 5.21. The van der Waals surface area contributed by atoms with Crippen molar-refractivity contribution in [3.8, 4) is 56.0 Å². The zero-order valence-corrected chi connectivity index (χ0v) is 27.2. The largest absolute Gasteiger partial charge is 0.456 e. The molecule has 49 heavy (non-hydrogen) atoms. The molecular weight excluding hydrogens is 597 g/mol. The summed E-state index contributed by atoms with van der Waals surface area (Å²) in [5, 5.41) is 7.28. The van der Waals surface area contributed by atoms with Gasteiger partial charge in [0.05, 0.1) is 0 Å². The summed E-state index contributed by atoms with van der Waals surface area (Å²) in [6.45, 7) is 4.78. The van der Waals surface area contributed by atoms with E-state index in [4.69, 9.17) is 9.15 Å². The lowest BCUT2D eigenvalue weighted by atomic mass is 9.78. The summed E-state index contributed by atoms with van der Waals surface area (Å²) in [5.74, 6) is 1.83. The summed E-state index contributed by atoms with van der Waals surface area (Å²) in [4.78, 5) is 0. The van der Waals surface area contributed by atoms with Gasteiger partial charge in [-0.3, -0.25) is 0 Å². The molecule has 0 N–H and O–H groups in total. The topological polar surface area (TPSA) is 22.4 Å². The van der Waals surface area contributed by atoms with Gasteiger partial charge in [-0.25, -0.2) is 0 Å². The maximum atomic E-state index is 6.41. The van der Waals surface area contributed by atoms with Crippen molar-refractivity contribution in [2.45, 2.75) is 19.3 Å². The van der Waals surface area contributed by atoms with E-state index in [-0.39, 0.29) is 5.41 Å². The molecule has 0 atom stereocenters. The van der Waals surface area contributed by atoms with Gasteiger partial charge in [0, 0.05) is 27.1 Å². The van der Waals surface area contributed by atoms with Crippen molar-refractivity contribution in [3.05, 3.63) is 157 Å². The number of para-hydroxylation sites is 1. The Hall–Kier alpha value is -6.12. The Balaban J connectivity index is 1.07. The first-order valence-corrected chi connectivity index (χ1v) is 17.0. The molecule has 2 heteroatoms. The van der Waals surface area contributed by atoms with Gasteiger partial charge in [-0.1, -0.05) is 117 Å². The van der Waals surface area contributed by atoms with Crippen LogP contribution in [0.4, 0.5) is 0 Å². The summed E-state index contributed by atoms with van der Waals surface area (Å²) in [7, 11) is 0. The van der Waals surface area contributed by atoms with Crippen molar-refractivity contribution < 1.29 is 9.15 Å². The van der Waals surface area contributed by atoms with Gasteiger partial charge in [-0.15, -0.1) is 0 Å². The lowest BCUT2D eigenvalue weighted by Crippen LogP contribution is -2.16. The zero-order chi connectivity index (χ0) is 32.4. The fourth-order valence-electron chi connectivity index (χ4n) is 8.74. The molecule has 0 spiro atoms. The van der Waals surface area contributed by atoms with Crippen molar-refractivity contribution in [3.63, 3.8) is 0 Å². The van der Waals surface area contributed by atoms with Gasteiger partial charge in [-0.05, 0) is 109 Å². The van der Waals surface area contributed by atoms with Gasteiger partial charge < -0.3 is 9.15 Å². The van der Waals surface area contributed by atoms with Crippen LogP contribution in [0.15, 0.2) is 150 Å². The maximum Gasteiger partial charge on any atom is 0.135 e. The summed E-state index contributed by atoms with van der Waals surface area (Å²) >= 11 is 0. The van der Waals surface area contributed by atoms with Crippen LogP contribution in [0.5, 0.6) is 11.5 Å². The second-order valence-corrected chi connectivity index (χ2v) is 14.1. The Morgan fingerprint density at radius 3 is 2.04 bits per heavy atom. The van der Waals surface area contributed by atoms with Crippen LogP contribution >= 0.6 is 0 Å². The molecule has 0 amide bonds. The van der Waals surface area contributed by atoms with E-state index in [2.05, 4.69) is 147 Å². The number of hydrogen-bond acceptors (Lipinski definition) is 2. The lowest BCUT2D eigenvalue weighted by molar-refractivity contribution is 0.487. The molecule has 0 saturated heterocycles. The van der Waals surface area contributed by atoms with Gasteiger partial charge in [0.2, 0.25) is 0 Å². The molecule has 2 aliphatic rings. The highest BCUT2D eigenvalue weighted by atomic mass is 16.5. The smallest absolute Gasteiger partial charge is 0.135 e. The highest BCUT2D eigenvalue weighted by Gasteiger charge is 2.38. The highest BCUT2D eigenvalue weighted by molar-refractivity contribution is 6.10. The summed E-state index contributed by atoms with van der Waals surface area (Å²) in [5.41, 5.74) is 14.3. The maximum absolute atomic E-state index is 6.41. The average molecular weight is 627 g/mol. The Bertz CT molecular complexity index is 2880. The minimum atomic E-state index is -0.204. The Morgan fingerprint density at radius 2 is 1.14 bits per heavy atom. The number of rotatable bonds is 2. The van der Waals surface area contributed by atoms with Crippen LogP contribution in [-0.4, -0.2) is 0 Å². The molecule has 0 fully saturated rings. The molecule has 2 nitrogen and oxygen atoms in total. The number of furan rings is 1. The summed E-state index contributed by atoms with van der Waals surface area (Å²) in [6, 6.07) is 52.8. The van der Waals surface area contributed by atoms with Crippen LogP contribution in [0.3, 0.4) is 0 Å². The van der Waals surface area contributed by atoms with Crippen molar-refractivity contribution in [1.82, 2.24) is 0 Å². The molecule has 0 saturated carbocycles. The lowest BCUT2D eigenvalue weighted by Gasteiger charge is -2.25. The van der Waals surface area contributed by atoms with Gasteiger partial charge >= 0.3 is 0 Å². The summed E-state index contributed by atoms with van der Waals surface area (Å²) in [6.07, 6.45) is 0. The van der Waals surface area contributed by atoms with Gasteiger partial charge in [0.15, 0.2) is 0 Å². The first-order chi connectivity index (χ1) is 24.0. The fraction of sp³-hybridized carbons (Fsp3) is 0.0638. The third-order valence-corrected chi connectivity index (χ3v) is 11.0. The molecule has 9 aromatic rings. The minimum absolute atomic E-state index is 0.204. The van der Waals surface area contributed by atoms with Crippen LogP contribution < -0.4 is 4.74 Å². The number of fused-ring (bicyclic) bond motifs is 10. The van der Waals surface area contributed by atoms with E-state index in [1.54, 1.807) is 0 Å². The SMILES string of the molecule is CC1(C)c2cc(-c3ccc4c(c3)-c3cccc5cccc(c35)O4)ccc2-c2ccc3cccc(-c4ccc5oc6ccccc6c5c4)c3c21. The van der Waals surface area contributed by atoms with E-state index in [1.807, 2.05) is 12.1 Å². The number of hydrogen-bond donors (Lipinski definition) is 0. The predicted octanol–water partition coefficient (Wildman–Crippen LogP) is 13.3. The third-order valence-electron chi connectivity index (χ3n) is 11.0. The first kappa shape index (κ1) is 26.9. The summed E-state index contributed by atoms with van der Waals surface area (Å²) < 4.78 is 12.6. The van der Waals surface area contributed by atoms with Gasteiger partial charge in [-0.2, -0.15) is 0 Å². The molecule has 1 aromatic heterocycles. The number of benzene rings is 8. The normalized spacial score (nSPS) is 13.8. The molecule has 0 radical (unpaired) electrons. The van der Waals surface area contributed by atoms with Crippen molar-refractivity contribution in [1.29, 1.82) is 0 Å². The molecule has 0 bridgehead atoms. The monoisotopic (exact) mass is 626 g/mol. The van der Waals surface area contributed by atoms with Crippen LogP contribution in [0, 0.1) is 0 Å². The average Bonchev–Trinajstić information content (AvgIpc) is 3.62. The second-order valence-electron chi connectivity index (χ2n) is 14.1. The van der Waals surface area contributed by atoms with Crippen LogP contribution in [0.2, 0.25) is 0 Å². The van der Waals surface area contributed by atoms with E-state index >= 15 is 0 Å². The quantitative estimate of drug-likeness (QED) is 0.190. The molecule has 8 aromatic carbocycles. The predicted molar refractivity (Wildman–Crippen MR) is 203 cm³/mol. The Morgan fingerprint density at radius 1 is 0.429 bits per heavy atom. The molecule has 1 aliphatic heterocycles. The van der Waals surface area contributed by atoms with E-state index < -0.39 is 0 Å². The van der Waals surface area contributed by atoms with Crippen LogP contribution in [-0.2, 0) is 5.41 Å². The van der Waals surface area contributed by atoms with Crippen molar-refractivity contribution >= 4 is 43.5 Å². The van der Waals surface area contributed by atoms with E-state index in [0.717, 1.165) is 39.0 Å². The van der Waals surface area contributed by atoms with Gasteiger partial charge in [0.1, 0.15) is 22.7 Å². The van der Waals surface area contributed by atoms with Crippen molar-refractivity contribution in [2.24, 2.45) is 0 Å². The molecule has 2 heterocycles. The fourth-order valence-corrected chi connectivity index (χ4v) is 8.74. The van der Waals surface area contributed by atoms with E-state index in [0.29, 0.717) is 0 Å². The molecular formula is C47H30O2. The molecule has 1 aliphatic carbocycles. The number of ether oxygens (including phenoxy) is 1. The van der Waals surface area contributed by atoms with E-state index in [1.165, 1.54) is 71.6 Å². The molecule has 230 valence electrons. The highest BCUT2D eigenvalue weighted by Crippen LogP contribution is 2.54. The zero-order valence-electron chi connectivity index (χ0n) is 27.2. The molecule has 11 rings (SSSR count). The van der Waals surface area contributed by atoms with Crippen LogP contribution in [0.25, 0.3) is 88.0 Å². The van der Waals surface area contributed by atoms with Gasteiger partial charge in [0.25, 0.3) is 0 Å². The first-order valence-electron chi connectivity index (χ1n) is 17.0. The van der Waals surface area contributed by atoms with E-state index in [9.17, 15) is 0 Å². The second kappa shape index (κ2) is 9.49. The van der Waals surface area contributed by atoms with Crippen molar-refractivity contribution in [2.75, 3.05) is 0 Å². The molecule has 0 unspecified atom stereocenters.